The van der Waals surface area contributed by atoms with Gasteiger partial charge in [-0.1, -0.05) is 6.58 Å². The first-order valence-corrected chi connectivity index (χ1v) is 3.11. The van der Waals surface area contributed by atoms with Gasteiger partial charge in [0.25, 0.3) is 0 Å². The molecule has 0 fully saturated rings. The molecule has 56 valence electrons. The number of ketones is 2. The van der Waals surface area contributed by atoms with Gasteiger partial charge in [-0.05, 0) is 6.92 Å². The average Bonchev–Trinajstić information content (AvgIpc) is 1.87. The van der Waals surface area contributed by atoms with Gasteiger partial charge in [0.05, 0.1) is 5.57 Å². The number of Topliss-reactive ketones (excluding diaryl/α,β-unsaturated/α-hetero) is 2. The summed E-state index contributed by atoms with van der Waals surface area (Å²) >= 11 is 0. The first-order chi connectivity index (χ1) is 4.59. The van der Waals surface area contributed by atoms with Crippen LogP contribution in [-0.2, 0) is 14.1 Å². The molecule has 0 amide bonds. The minimum atomic E-state index is -0.373. The summed E-state index contributed by atoms with van der Waals surface area (Å²) in [7, 11) is 1.93. The van der Waals surface area contributed by atoms with Gasteiger partial charge in [0.2, 0.25) is 0 Å². The van der Waals surface area contributed by atoms with Crippen molar-refractivity contribution >= 4 is 21.0 Å². The zero-order valence-corrected chi connectivity index (χ0v) is 6.87. The Balaban J connectivity index is 3.96. The van der Waals surface area contributed by atoms with Crippen molar-refractivity contribution in [2.24, 2.45) is 0 Å². The highest BCUT2D eigenvalue weighted by Gasteiger charge is 2.09. The molecule has 0 radical (unpaired) electrons. The smallest absolute Gasteiger partial charge is 0.191 e. The van der Waals surface area contributed by atoms with E-state index in [-0.39, 0.29) is 23.7 Å². The molecule has 0 rings (SSSR count). The first-order valence-electron chi connectivity index (χ1n) is 2.64. The van der Waals surface area contributed by atoms with Gasteiger partial charge < -0.3 is 4.52 Å². The van der Waals surface area contributed by atoms with Crippen LogP contribution in [0.4, 0.5) is 0 Å². The Kier molecular flexibility index (Phi) is 4.08. The number of carbonyl (C=O) groups is 2. The van der Waals surface area contributed by atoms with E-state index in [9.17, 15) is 9.59 Å². The van der Waals surface area contributed by atoms with Gasteiger partial charge in [-0.25, -0.2) is 0 Å². The molecule has 0 saturated heterocycles. The van der Waals surface area contributed by atoms with Crippen LogP contribution in [0.5, 0.6) is 0 Å². The molecule has 0 aromatic rings. The maximum Gasteiger partial charge on any atom is 0.191 e. The largest absolute Gasteiger partial charge is 0.358 e. The summed E-state index contributed by atoms with van der Waals surface area (Å²) in [4.78, 5) is 21.2. The van der Waals surface area contributed by atoms with E-state index in [1.165, 1.54) is 6.92 Å². The fraction of sp³-hybridized carbons (Fsp3) is 0.333. The Morgan fingerprint density at radius 2 is 2.10 bits per heavy atom. The van der Waals surface area contributed by atoms with E-state index in [4.69, 9.17) is 0 Å². The molecule has 0 heterocycles. The molecule has 0 aromatic heterocycles. The maximum absolute atomic E-state index is 10.7. The van der Waals surface area contributed by atoms with E-state index in [2.05, 4.69) is 11.1 Å². The van der Waals surface area contributed by atoms with E-state index < -0.39 is 0 Å². The van der Waals surface area contributed by atoms with E-state index in [0.29, 0.717) is 0 Å². The molecule has 1 atom stereocenters. The zero-order chi connectivity index (χ0) is 8.15. The highest BCUT2D eigenvalue weighted by molar-refractivity contribution is 7.09. The summed E-state index contributed by atoms with van der Waals surface area (Å²) in [5.41, 5.74) is -0.0116. The van der Waals surface area contributed by atoms with Gasteiger partial charge in [-0.15, -0.1) is 0 Å². The lowest BCUT2D eigenvalue weighted by molar-refractivity contribution is -0.121. The number of hydrogen-bond acceptors (Lipinski definition) is 3. The second-order valence-electron chi connectivity index (χ2n) is 1.77. The van der Waals surface area contributed by atoms with Crippen molar-refractivity contribution < 1.29 is 14.1 Å². The van der Waals surface area contributed by atoms with Crippen molar-refractivity contribution in [2.75, 3.05) is 6.61 Å². The monoisotopic (exact) mass is 160 g/mol. The quantitative estimate of drug-likeness (QED) is 0.260. The van der Waals surface area contributed by atoms with Gasteiger partial charge in [0.1, 0.15) is 6.61 Å². The molecular weight excluding hydrogens is 151 g/mol. The molecular formula is C6H9O3P. The van der Waals surface area contributed by atoms with Crippen LogP contribution in [0.25, 0.3) is 0 Å². The third-order valence-electron chi connectivity index (χ3n) is 0.976. The van der Waals surface area contributed by atoms with E-state index in [1.54, 1.807) is 0 Å². The fourth-order valence-corrected chi connectivity index (χ4v) is 0.511. The molecule has 0 bridgehead atoms. The summed E-state index contributed by atoms with van der Waals surface area (Å²) in [6.45, 7) is 4.47. The van der Waals surface area contributed by atoms with Gasteiger partial charge in [-0.3, -0.25) is 9.59 Å². The SMILES string of the molecule is C=C(C(C)=O)C(=O)COP. The van der Waals surface area contributed by atoms with E-state index >= 15 is 0 Å². The normalized spacial score (nSPS) is 9.00. The van der Waals surface area contributed by atoms with Gasteiger partial charge in [0.15, 0.2) is 11.6 Å². The van der Waals surface area contributed by atoms with Crippen LogP contribution in [0.15, 0.2) is 12.2 Å². The Morgan fingerprint density at radius 1 is 1.60 bits per heavy atom. The van der Waals surface area contributed by atoms with Crippen LogP contribution in [-0.4, -0.2) is 18.2 Å². The topological polar surface area (TPSA) is 43.4 Å². The van der Waals surface area contributed by atoms with Crippen LogP contribution in [0.3, 0.4) is 0 Å². The van der Waals surface area contributed by atoms with Crippen molar-refractivity contribution in [3.05, 3.63) is 12.2 Å². The Hall–Kier alpha value is -0.530. The summed E-state index contributed by atoms with van der Waals surface area (Å²) in [6.07, 6.45) is 0. The summed E-state index contributed by atoms with van der Waals surface area (Å²) in [5.74, 6) is -0.686. The third kappa shape index (κ3) is 2.85. The van der Waals surface area contributed by atoms with Gasteiger partial charge in [0, 0.05) is 9.47 Å². The molecule has 3 nitrogen and oxygen atoms in total. The molecule has 0 saturated carbocycles. The van der Waals surface area contributed by atoms with Crippen LogP contribution in [0.2, 0.25) is 0 Å². The third-order valence-corrected chi connectivity index (χ3v) is 1.14. The van der Waals surface area contributed by atoms with Crippen LogP contribution in [0, 0.1) is 0 Å². The molecule has 0 aliphatic carbocycles. The lowest BCUT2D eigenvalue weighted by atomic mass is 10.1. The molecule has 0 aliphatic rings. The fourth-order valence-electron chi connectivity index (χ4n) is 0.359. The standard InChI is InChI=1S/C6H9O3P/c1-4(5(2)7)6(8)3-9-10/h1,3,10H2,2H3. The number of carbonyl (C=O) groups excluding carboxylic acids is 2. The van der Waals surface area contributed by atoms with Crippen molar-refractivity contribution in [1.29, 1.82) is 0 Å². The maximum atomic E-state index is 10.7. The average molecular weight is 160 g/mol. The molecule has 0 N–H and O–H groups in total. The molecule has 10 heavy (non-hydrogen) atoms. The summed E-state index contributed by atoms with van der Waals surface area (Å²) < 4.78 is 4.43. The van der Waals surface area contributed by atoms with Crippen molar-refractivity contribution in [2.45, 2.75) is 6.92 Å². The van der Waals surface area contributed by atoms with E-state index in [1.807, 2.05) is 9.47 Å². The van der Waals surface area contributed by atoms with Crippen LogP contribution < -0.4 is 0 Å². The Labute approximate surface area is 61.7 Å². The Bertz CT molecular complexity index is 174. The molecule has 0 spiro atoms. The lowest BCUT2D eigenvalue weighted by Crippen LogP contribution is -2.12. The zero-order valence-electron chi connectivity index (χ0n) is 5.72. The minimum Gasteiger partial charge on any atom is -0.358 e. The van der Waals surface area contributed by atoms with E-state index in [0.717, 1.165) is 0 Å². The highest BCUT2D eigenvalue weighted by atomic mass is 31.0. The van der Waals surface area contributed by atoms with Crippen LogP contribution >= 0.6 is 9.47 Å². The Morgan fingerprint density at radius 3 is 2.40 bits per heavy atom. The molecule has 0 aliphatic heterocycles. The predicted molar refractivity (Wildman–Crippen MR) is 40.5 cm³/mol. The second kappa shape index (κ2) is 4.31. The lowest BCUT2D eigenvalue weighted by Gasteiger charge is -1.96. The minimum absolute atomic E-state index is 0.0116. The van der Waals surface area contributed by atoms with Gasteiger partial charge in [-0.2, -0.15) is 0 Å². The first kappa shape index (κ1) is 9.47. The second-order valence-corrected chi connectivity index (χ2v) is 2.10. The predicted octanol–water partition coefficient (Wildman–Crippen LogP) is 0.507. The number of hydrogen-bond donors (Lipinski definition) is 0. The van der Waals surface area contributed by atoms with Crippen molar-refractivity contribution in [3.8, 4) is 0 Å². The van der Waals surface area contributed by atoms with Crippen molar-refractivity contribution in [3.63, 3.8) is 0 Å². The molecule has 4 heteroatoms. The van der Waals surface area contributed by atoms with Crippen molar-refractivity contribution in [1.82, 2.24) is 0 Å². The summed E-state index contributed by atoms with van der Waals surface area (Å²) in [5, 5.41) is 0. The highest BCUT2D eigenvalue weighted by Crippen LogP contribution is 1.96. The molecule has 0 aromatic carbocycles. The summed E-state index contributed by atoms with van der Waals surface area (Å²) in [6, 6.07) is 0. The number of rotatable bonds is 4. The molecule has 1 unspecified atom stereocenters. The van der Waals surface area contributed by atoms with Gasteiger partial charge >= 0.3 is 0 Å². The van der Waals surface area contributed by atoms with Crippen LogP contribution in [0.1, 0.15) is 6.92 Å².